The SMILES string of the molecule is CCCCPc1cccc(C(C)C)c1-c1ccc(C(C)C)cc1C(C)C. The number of benzene rings is 2. The van der Waals surface area contributed by atoms with Crippen LogP contribution in [-0.2, 0) is 0 Å². The van der Waals surface area contributed by atoms with E-state index < -0.39 is 0 Å². The van der Waals surface area contributed by atoms with E-state index in [4.69, 9.17) is 0 Å². The van der Waals surface area contributed by atoms with Crippen molar-refractivity contribution in [3.63, 3.8) is 0 Å². The lowest BCUT2D eigenvalue weighted by atomic mass is 9.85. The van der Waals surface area contributed by atoms with Crippen molar-refractivity contribution >= 4 is 13.9 Å². The van der Waals surface area contributed by atoms with E-state index in [0.29, 0.717) is 17.8 Å². The molecule has 26 heavy (non-hydrogen) atoms. The predicted octanol–water partition coefficient (Wildman–Crippen LogP) is 7.83. The molecule has 2 rings (SSSR count). The first-order chi connectivity index (χ1) is 12.4. The molecular formula is C25H37P. The summed E-state index contributed by atoms with van der Waals surface area (Å²) in [7, 11) is 0.907. The Kier molecular flexibility index (Phi) is 7.90. The van der Waals surface area contributed by atoms with E-state index in [0.717, 1.165) is 8.58 Å². The monoisotopic (exact) mass is 368 g/mol. The quantitative estimate of drug-likeness (QED) is 0.329. The normalized spacial score (nSPS) is 12.2. The minimum atomic E-state index is 0.538. The van der Waals surface area contributed by atoms with Crippen molar-refractivity contribution in [2.24, 2.45) is 0 Å². The molecule has 0 saturated carbocycles. The van der Waals surface area contributed by atoms with E-state index in [1.807, 2.05) is 0 Å². The van der Waals surface area contributed by atoms with Gasteiger partial charge in [-0.15, -0.1) is 0 Å². The molecule has 0 aliphatic rings. The van der Waals surface area contributed by atoms with Crippen molar-refractivity contribution in [1.82, 2.24) is 0 Å². The third kappa shape index (κ3) is 4.98. The summed E-state index contributed by atoms with van der Waals surface area (Å²) < 4.78 is 0. The van der Waals surface area contributed by atoms with Crippen molar-refractivity contribution in [2.45, 2.75) is 79.1 Å². The van der Waals surface area contributed by atoms with Gasteiger partial charge in [0.15, 0.2) is 0 Å². The van der Waals surface area contributed by atoms with Crippen LogP contribution in [0.2, 0.25) is 0 Å². The zero-order valence-corrected chi connectivity index (χ0v) is 18.8. The highest BCUT2D eigenvalue weighted by molar-refractivity contribution is 7.47. The Bertz CT molecular complexity index is 710. The summed E-state index contributed by atoms with van der Waals surface area (Å²) in [5, 5.41) is 1.56. The summed E-state index contributed by atoms with van der Waals surface area (Å²) in [6.07, 6.45) is 3.92. The lowest BCUT2D eigenvalue weighted by Gasteiger charge is -2.23. The molecule has 0 bridgehead atoms. The molecular weight excluding hydrogens is 331 g/mol. The highest BCUT2D eigenvalue weighted by Gasteiger charge is 2.18. The number of rotatable bonds is 8. The van der Waals surface area contributed by atoms with Gasteiger partial charge >= 0.3 is 0 Å². The van der Waals surface area contributed by atoms with Crippen molar-refractivity contribution in [1.29, 1.82) is 0 Å². The van der Waals surface area contributed by atoms with Crippen LogP contribution in [0.25, 0.3) is 11.1 Å². The standard InChI is InChI=1S/C25H37P/c1-8-9-15-26-24-12-10-11-21(18(4)5)25(24)22-14-13-20(17(2)3)16-23(22)19(6)7/h10-14,16-19,26H,8-9,15H2,1-7H3. The van der Waals surface area contributed by atoms with E-state index in [1.165, 1.54) is 46.8 Å². The summed E-state index contributed by atoms with van der Waals surface area (Å²) >= 11 is 0. The fourth-order valence-electron chi connectivity index (χ4n) is 3.54. The molecule has 0 amide bonds. The van der Waals surface area contributed by atoms with Crippen LogP contribution in [0, 0.1) is 0 Å². The van der Waals surface area contributed by atoms with E-state index in [1.54, 1.807) is 5.30 Å². The number of hydrogen-bond donors (Lipinski definition) is 0. The van der Waals surface area contributed by atoms with Crippen LogP contribution in [0.3, 0.4) is 0 Å². The zero-order valence-electron chi connectivity index (χ0n) is 17.8. The average molecular weight is 369 g/mol. The summed E-state index contributed by atoms with van der Waals surface area (Å²) in [5.74, 6) is 1.66. The van der Waals surface area contributed by atoms with Crippen molar-refractivity contribution in [2.75, 3.05) is 6.16 Å². The van der Waals surface area contributed by atoms with Gasteiger partial charge in [-0.2, -0.15) is 0 Å². The molecule has 2 aromatic rings. The van der Waals surface area contributed by atoms with E-state index >= 15 is 0 Å². The van der Waals surface area contributed by atoms with Crippen LogP contribution in [-0.4, -0.2) is 6.16 Å². The molecule has 0 aromatic heterocycles. The van der Waals surface area contributed by atoms with Gasteiger partial charge in [0.1, 0.15) is 0 Å². The third-order valence-corrected chi connectivity index (χ3v) is 6.60. The maximum Gasteiger partial charge on any atom is -0.00720 e. The average Bonchev–Trinajstić information content (AvgIpc) is 2.61. The second-order valence-corrected chi connectivity index (χ2v) is 9.75. The van der Waals surface area contributed by atoms with Gasteiger partial charge in [0.2, 0.25) is 0 Å². The minimum Gasteiger partial charge on any atom is -0.0897 e. The third-order valence-electron chi connectivity index (χ3n) is 5.20. The first-order valence-corrected chi connectivity index (χ1v) is 11.6. The van der Waals surface area contributed by atoms with Crippen LogP contribution in [0.5, 0.6) is 0 Å². The fraction of sp³-hybridized carbons (Fsp3) is 0.520. The maximum absolute atomic E-state index is 2.46. The second kappa shape index (κ2) is 9.70. The molecule has 0 saturated heterocycles. The van der Waals surface area contributed by atoms with Crippen LogP contribution in [0.15, 0.2) is 36.4 Å². The highest BCUT2D eigenvalue weighted by Crippen LogP contribution is 2.37. The Morgan fingerprint density at radius 2 is 1.50 bits per heavy atom. The van der Waals surface area contributed by atoms with Gasteiger partial charge < -0.3 is 0 Å². The van der Waals surface area contributed by atoms with E-state index in [-0.39, 0.29) is 0 Å². The molecule has 0 aliphatic heterocycles. The Balaban J connectivity index is 2.65. The van der Waals surface area contributed by atoms with Gasteiger partial charge in [0.05, 0.1) is 0 Å². The Hall–Kier alpha value is -1.13. The summed E-state index contributed by atoms with van der Waals surface area (Å²) in [6, 6.07) is 14.2. The molecule has 1 heteroatoms. The van der Waals surface area contributed by atoms with Crippen molar-refractivity contribution in [3.05, 3.63) is 53.1 Å². The predicted molar refractivity (Wildman–Crippen MR) is 122 cm³/mol. The number of unbranched alkanes of at least 4 members (excludes halogenated alkanes) is 1. The minimum absolute atomic E-state index is 0.538. The van der Waals surface area contributed by atoms with Crippen molar-refractivity contribution in [3.8, 4) is 11.1 Å². The van der Waals surface area contributed by atoms with Gasteiger partial charge in [0, 0.05) is 0 Å². The topological polar surface area (TPSA) is 0 Å². The van der Waals surface area contributed by atoms with Gasteiger partial charge in [0.25, 0.3) is 0 Å². The van der Waals surface area contributed by atoms with E-state index in [2.05, 4.69) is 84.9 Å². The molecule has 0 spiro atoms. The van der Waals surface area contributed by atoms with Crippen molar-refractivity contribution < 1.29 is 0 Å². The molecule has 0 N–H and O–H groups in total. The zero-order chi connectivity index (χ0) is 19.3. The van der Waals surface area contributed by atoms with E-state index in [9.17, 15) is 0 Å². The van der Waals surface area contributed by atoms with Gasteiger partial charge in [-0.1, -0.05) is 99.9 Å². The molecule has 2 aromatic carbocycles. The first-order valence-electron chi connectivity index (χ1n) is 10.4. The molecule has 1 unspecified atom stereocenters. The Labute approximate surface area is 163 Å². The maximum atomic E-state index is 2.46. The van der Waals surface area contributed by atoms with Crippen LogP contribution in [0.4, 0.5) is 0 Å². The molecule has 1 atom stereocenters. The number of hydrogen-bond acceptors (Lipinski definition) is 0. The summed E-state index contributed by atoms with van der Waals surface area (Å²) in [4.78, 5) is 0. The molecule has 0 heterocycles. The fourth-order valence-corrected chi connectivity index (χ4v) is 5.01. The Morgan fingerprint density at radius 1 is 0.808 bits per heavy atom. The smallest absolute Gasteiger partial charge is 0.00720 e. The highest BCUT2D eigenvalue weighted by atomic mass is 31.1. The van der Waals surface area contributed by atoms with Gasteiger partial charge in [-0.3, -0.25) is 0 Å². The molecule has 0 nitrogen and oxygen atoms in total. The largest absolute Gasteiger partial charge is 0.0897 e. The van der Waals surface area contributed by atoms with Gasteiger partial charge in [-0.25, -0.2) is 0 Å². The van der Waals surface area contributed by atoms with Gasteiger partial charge in [-0.05, 0) is 63.5 Å². The molecule has 0 fully saturated rings. The molecule has 142 valence electrons. The molecule has 0 aliphatic carbocycles. The molecule has 0 radical (unpaired) electrons. The summed E-state index contributed by atoms with van der Waals surface area (Å²) in [5.41, 5.74) is 7.45. The lowest BCUT2D eigenvalue weighted by Crippen LogP contribution is -2.09. The first kappa shape index (κ1) is 21.2. The summed E-state index contributed by atoms with van der Waals surface area (Å²) in [6.45, 7) is 16.2. The Morgan fingerprint density at radius 3 is 2.08 bits per heavy atom. The second-order valence-electron chi connectivity index (χ2n) is 8.36. The van der Waals surface area contributed by atoms with Crippen LogP contribution in [0.1, 0.15) is 95.8 Å². The van der Waals surface area contributed by atoms with Crippen LogP contribution < -0.4 is 5.30 Å². The van der Waals surface area contributed by atoms with Crippen LogP contribution >= 0.6 is 8.58 Å². The lowest BCUT2D eigenvalue weighted by molar-refractivity contribution is 0.833.